The summed E-state index contributed by atoms with van der Waals surface area (Å²) in [5.74, 6) is 1.23. The molecule has 146 valence electrons. The number of morpholine rings is 1. The Morgan fingerprint density at radius 2 is 2.15 bits per heavy atom. The molecule has 0 aromatic carbocycles. The van der Waals surface area contributed by atoms with E-state index in [9.17, 15) is 5.11 Å². The van der Waals surface area contributed by atoms with E-state index in [2.05, 4.69) is 25.5 Å². The lowest BCUT2D eigenvalue weighted by Gasteiger charge is -2.34. The highest BCUT2D eigenvalue weighted by molar-refractivity contribution is 5.79. The molecule has 1 aromatic rings. The molecule has 1 unspecified atom stereocenters. The summed E-state index contributed by atoms with van der Waals surface area (Å²) in [6.07, 6.45) is 0. The van der Waals surface area contributed by atoms with Gasteiger partial charge in [-0.05, 0) is 19.9 Å². The summed E-state index contributed by atoms with van der Waals surface area (Å²) < 4.78 is 10.5. The molecule has 0 amide bonds. The predicted octanol–water partition coefficient (Wildman–Crippen LogP) is 0.229. The number of pyridine rings is 1. The van der Waals surface area contributed by atoms with E-state index in [1.54, 1.807) is 13.2 Å². The summed E-state index contributed by atoms with van der Waals surface area (Å²) in [6, 6.07) is 5.60. The van der Waals surface area contributed by atoms with Crippen LogP contribution in [-0.4, -0.2) is 79.6 Å². The topological polar surface area (TPSA) is 91.2 Å². The molecule has 8 heteroatoms. The van der Waals surface area contributed by atoms with Crippen LogP contribution >= 0.6 is 0 Å². The fourth-order valence-electron chi connectivity index (χ4n) is 2.73. The van der Waals surface area contributed by atoms with Gasteiger partial charge in [0.2, 0.25) is 5.88 Å². The molecular weight excluding hydrogens is 334 g/mol. The predicted molar refractivity (Wildman–Crippen MR) is 101 cm³/mol. The summed E-state index contributed by atoms with van der Waals surface area (Å²) in [5, 5.41) is 17.1. The number of methoxy groups -OCH3 is 1. The van der Waals surface area contributed by atoms with Gasteiger partial charge in [0.15, 0.2) is 5.96 Å². The fourth-order valence-corrected chi connectivity index (χ4v) is 2.73. The van der Waals surface area contributed by atoms with E-state index in [0.29, 0.717) is 31.5 Å². The Labute approximate surface area is 155 Å². The first kappa shape index (κ1) is 20.4. The largest absolute Gasteiger partial charge is 0.481 e. The number of aliphatic imine (C=N–C) groups is 1. The molecule has 1 aliphatic rings. The number of hydrogen-bond donors (Lipinski definition) is 3. The average molecular weight is 365 g/mol. The minimum absolute atomic E-state index is 0.404. The van der Waals surface area contributed by atoms with E-state index < -0.39 is 5.60 Å². The van der Waals surface area contributed by atoms with Gasteiger partial charge in [-0.1, -0.05) is 6.07 Å². The van der Waals surface area contributed by atoms with Gasteiger partial charge in [0.05, 0.1) is 38.2 Å². The maximum absolute atomic E-state index is 10.7. The lowest BCUT2D eigenvalue weighted by atomic mass is 10.1. The second kappa shape index (κ2) is 10.3. The van der Waals surface area contributed by atoms with Gasteiger partial charge in [0.25, 0.3) is 0 Å². The molecule has 2 rings (SSSR count). The number of aliphatic hydroxyl groups is 1. The lowest BCUT2D eigenvalue weighted by Crippen LogP contribution is -2.52. The van der Waals surface area contributed by atoms with Crippen molar-refractivity contribution in [2.24, 2.45) is 4.99 Å². The van der Waals surface area contributed by atoms with Crippen molar-refractivity contribution in [3.63, 3.8) is 0 Å². The van der Waals surface area contributed by atoms with Gasteiger partial charge in [-0.3, -0.25) is 4.90 Å². The van der Waals surface area contributed by atoms with Gasteiger partial charge in [0, 0.05) is 38.8 Å². The molecule has 2 heterocycles. The summed E-state index contributed by atoms with van der Waals surface area (Å²) in [6.45, 7) is 9.17. The van der Waals surface area contributed by atoms with Gasteiger partial charge in [-0.15, -0.1) is 0 Å². The van der Waals surface area contributed by atoms with Crippen LogP contribution in [0.3, 0.4) is 0 Å². The number of guanidine groups is 1. The Morgan fingerprint density at radius 1 is 1.38 bits per heavy atom. The Kier molecular flexibility index (Phi) is 8.08. The number of nitrogens with zero attached hydrogens (tertiary/aromatic N) is 3. The smallest absolute Gasteiger partial charge is 0.213 e. The lowest BCUT2D eigenvalue weighted by molar-refractivity contribution is -0.0201. The third-order valence-electron chi connectivity index (χ3n) is 4.04. The zero-order chi connectivity index (χ0) is 18.8. The number of aromatic nitrogens is 1. The maximum atomic E-state index is 10.7. The van der Waals surface area contributed by atoms with Crippen molar-refractivity contribution in [3.8, 4) is 5.88 Å². The van der Waals surface area contributed by atoms with E-state index in [-0.39, 0.29) is 0 Å². The summed E-state index contributed by atoms with van der Waals surface area (Å²) in [5.41, 5.74) is -0.0384. The van der Waals surface area contributed by atoms with Crippen molar-refractivity contribution >= 4 is 5.96 Å². The van der Waals surface area contributed by atoms with Crippen LogP contribution in [0.1, 0.15) is 19.5 Å². The number of rotatable bonds is 8. The monoisotopic (exact) mass is 365 g/mol. The summed E-state index contributed by atoms with van der Waals surface area (Å²) in [7, 11) is 1.59. The molecule has 1 saturated heterocycles. The first-order chi connectivity index (χ1) is 12.5. The minimum Gasteiger partial charge on any atom is -0.481 e. The molecule has 0 spiro atoms. The number of hydrogen-bond acceptors (Lipinski definition) is 6. The Balaban J connectivity index is 1.89. The van der Waals surface area contributed by atoms with Crippen molar-refractivity contribution in [1.82, 2.24) is 20.5 Å². The van der Waals surface area contributed by atoms with E-state index in [4.69, 9.17) is 9.47 Å². The van der Waals surface area contributed by atoms with Gasteiger partial charge < -0.3 is 25.2 Å². The normalized spacial score (nSPS) is 18.2. The van der Waals surface area contributed by atoms with Gasteiger partial charge in [0.1, 0.15) is 0 Å². The molecule has 8 nitrogen and oxygen atoms in total. The quantitative estimate of drug-likeness (QED) is 0.449. The summed E-state index contributed by atoms with van der Waals surface area (Å²) >= 11 is 0. The zero-order valence-corrected chi connectivity index (χ0v) is 16.0. The average Bonchev–Trinajstić information content (AvgIpc) is 2.64. The Bertz CT molecular complexity index is 574. The van der Waals surface area contributed by atoms with Crippen LogP contribution in [0, 0.1) is 0 Å². The molecule has 0 aliphatic carbocycles. The third-order valence-corrected chi connectivity index (χ3v) is 4.04. The van der Waals surface area contributed by atoms with Crippen LogP contribution in [0.25, 0.3) is 0 Å². The number of β-amino-alcohol motifs (C(OH)–C–C–N with tert-alkyl or cyclic N) is 1. The van der Waals surface area contributed by atoms with Crippen LogP contribution in [-0.2, 0) is 11.3 Å². The van der Waals surface area contributed by atoms with E-state index in [0.717, 1.165) is 38.5 Å². The van der Waals surface area contributed by atoms with Crippen LogP contribution in [0.15, 0.2) is 23.2 Å². The van der Waals surface area contributed by atoms with Crippen molar-refractivity contribution in [2.75, 3.05) is 53.0 Å². The first-order valence-corrected chi connectivity index (χ1v) is 9.07. The molecule has 1 aromatic heterocycles. The second-order valence-corrected chi connectivity index (χ2v) is 6.61. The van der Waals surface area contributed by atoms with Gasteiger partial charge >= 0.3 is 0 Å². The van der Waals surface area contributed by atoms with E-state index >= 15 is 0 Å². The molecule has 26 heavy (non-hydrogen) atoms. The van der Waals surface area contributed by atoms with Crippen LogP contribution in [0.2, 0.25) is 0 Å². The Hall–Kier alpha value is -1.90. The molecular formula is C18H31N5O3. The molecule has 1 aliphatic heterocycles. The Morgan fingerprint density at radius 3 is 2.85 bits per heavy atom. The fraction of sp³-hybridized carbons (Fsp3) is 0.667. The zero-order valence-electron chi connectivity index (χ0n) is 16.0. The van der Waals surface area contributed by atoms with Crippen LogP contribution < -0.4 is 15.4 Å². The third kappa shape index (κ3) is 7.15. The van der Waals surface area contributed by atoms with Crippen molar-refractivity contribution in [3.05, 3.63) is 23.9 Å². The SMILES string of the molecule is CCNC(=NCc1cccc(OC)n1)NCC(C)(O)CN1CCOCC1. The highest BCUT2D eigenvalue weighted by atomic mass is 16.5. The highest BCUT2D eigenvalue weighted by Gasteiger charge is 2.25. The van der Waals surface area contributed by atoms with E-state index in [1.807, 2.05) is 26.0 Å². The van der Waals surface area contributed by atoms with Crippen molar-refractivity contribution in [1.29, 1.82) is 0 Å². The highest BCUT2D eigenvalue weighted by Crippen LogP contribution is 2.09. The first-order valence-electron chi connectivity index (χ1n) is 9.07. The van der Waals surface area contributed by atoms with Gasteiger partial charge in [-0.25, -0.2) is 9.98 Å². The summed E-state index contributed by atoms with van der Waals surface area (Å²) in [4.78, 5) is 11.1. The minimum atomic E-state index is -0.859. The molecule has 3 N–H and O–H groups in total. The number of nitrogens with one attached hydrogen (secondary N) is 2. The maximum Gasteiger partial charge on any atom is 0.213 e. The molecule has 0 radical (unpaired) electrons. The standard InChI is InChI=1S/C18H31N5O3/c1-4-19-17(20-12-15-6-5-7-16(22-15)25-3)21-13-18(2,24)14-23-8-10-26-11-9-23/h5-7,24H,4,8-14H2,1-3H3,(H2,19,20,21). The van der Waals surface area contributed by atoms with Crippen LogP contribution in [0.5, 0.6) is 5.88 Å². The molecule has 0 bridgehead atoms. The van der Waals surface area contributed by atoms with E-state index in [1.165, 1.54) is 0 Å². The molecule has 1 atom stereocenters. The van der Waals surface area contributed by atoms with Gasteiger partial charge in [-0.2, -0.15) is 0 Å². The second-order valence-electron chi connectivity index (χ2n) is 6.61. The van der Waals surface area contributed by atoms with Crippen molar-refractivity contribution in [2.45, 2.75) is 26.0 Å². The van der Waals surface area contributed by atoms with Crippen molar-refractivity contribution < 1.29 is 14.6 Å². The molecule has 1 fully saturated rings. The molecule has 0 saturated carbocycles. The van der Waals surface area contributed by atoms with Crippen LogP contribution in [0.4, 0.5) is 0 Å². The number of ether oxygens (including phenoxy) is 2.